The summed E-state index contributed by atoms with van der Waals surface area (Å²) in [6.45, 7) is 5.45. The second-order valence-corrected chi connectivity index (χ2v) is 9.80. The Hall–Kier alpha value is -1.46. The van der Waals surface area contributed by atoms with Crippen molar-refractivity contribution in [2.24, 2.45) is 5.92 Å². The van der Waals surface area contributed by atoms with E-state index in [9.17, 15) is 4.79 Å². The third-order valence-electron chi connectivity index (χ3n) is 7.72. The predicted octanol–water partition coefficient (Wildman–Crippen LogP) is 3.94. The van der Waals surface area contributed by atoms with Gasteiger partial charge >= 0.3 is 0 Å². The maximum absolute atomic E-state index is 13.3. The zero-order valence-electron chi connectivity index (χ0n) is 18.8. The number of aromatic nitrogens is 1. The smallest absolute Gasteiger partial charge is 0.226 e. The molecule has 166 valence electrons. The highest BCUT2D eigenvalue weighted by molar-refractivity contribution is 5.79. The van der Waals surface area contributed by atoms with E-state index in [1.54, 1.807) is 0 Å². The molecule has 0 bridgehead atoms. The second-order valence-electron chi connectivity index (χ2n) is 9.80. The number of piperidine rings is 2. The van der Waals surface area contributed by atoms with Gasteiger partial charge in [-0.05, 0) is 69.8 Å². The van der Waals surface area contributed by atoms with Crippen molar-refractivity contribution in [3.05, 3.63) is 30.1 Å². The summed E-state index contributed by atoms with van der Waals surface area (Å²) in [6, 6.07) is 5.32. The van der Waals surface area contributed by atoms with Gasteiger partial charge < -0.3 is 4.90 Å². The van der Waals surface area contributed by atoms with Gasteiger partial charge in [0, 0.05) is 44.6 Å². The number of amides is 1. The summed E-state index contributed by atoms with van der Waals surface area (Å²) < 4.78 is 0. The summed E-state index contributed by atoms with van der Waals surface area (Å²) >= 11 is 0. The van der Waals surface area contributed by atoms with Crippen LogP contribution in [0.1, 0.15) is 69.8 Å². The van der Waals surface area contributed by atoms with E-state index in [0.29, 0.717) is 18.0 Å². The lowest BCUT2D eigenvalue weighted by molar-refractivity contribution is -0.139. The van der Waals surface area contributed by atoms with Crippen molar-refractivity contribution in [1.82, 2.24) is 19.7 Å². The van der Waals surface area contributed by atoms with Crippen molar-refractivity contribution in [3.63, 3.8) is 0 Å². The SMILES string of the molecule is CN(C(=O)[C@@H]1CCCN(C2CCN(Cc3cccnc3)CC2)C1)C1CCCCCC1. The van der Waals surface area contributed by atoms with Crippen molar-refractivity contribution < 1.29 is 4.79 Å². The number of rotatable bonds is 5. The van der Waals surface area contributed by atoms with Crippen LogP contribution in [0.25, 0.3) is 0 Å². The van der Waals surface area contributed by atoms with Crippen LogP contribution in [-0.4, -0.2) is 70.9 Å². The van der Waals surface area contributed by atoms with E-state index in [2.05, 4.69) is 32.8 Å². The summed E-state index contributed by atoms with van der Waals surface area (Å²) in [5.41, 5.74) is 1.31. The normalized spacial score (nSPS) is 25.7. The summed E-state index contributed by atoms with van der Waals surface area (Å²) in [6.07, 6.45) is 16.2. The maximum atomic E-state index is 13.3. The van der Waals surface area contributed by atoms with Crippen molar-refractivity contribution in [1.29, 1.82) is 0 Å². The van der Waals surface area contributed by atoms with Crippen LogP contribution < -0.4 is 0 Å². The van der Waals surface area contributed by atoms with Crippen molar-refractivity contribution in [2.45, 2.75) is 82.8 Å². The first-order valence-electron chi connectivity index (χ1n) is 12.3. The van der Waals surface area contributed by atoms with Gasteiger partial charge in [-0.15, -0.1) is 0 Å². The molecule has 1 aromatic rings. The summed E-state index contributed by atoms with van der Waals surface area (Å²) in [5.74, 6) is 0.626. The van der Waals surface area contributed by atoms with Gasteiger partial charge in [-0.1, -0.05) is 31.7 Å². The molecule has 1 saturated carbocycles. The predicted molar refractivity (Wildman–Crippen MR) is 121 cm³/mol. The molecule has 4 rings (SSSR count). The van der Waals surface area contributed by atoms with Crippen LogP contribution in [0, 0.1) is 5.92 Å². The molecule has 1 atom stereocenters. The van der Waals surface area contributed by atoms with Gasteiger partial charge in [-0.25, -0.2) is 0 Å². The Bertz CT molecular complexity index is 650. The highest BCUT2D eigenvalue weighted by Crippen LogP contribution is 2.28. The number of carbonyl (C=O) groups excluding carboxylic acids is 1. The molecule has 2 aliphatic heterocycles. The Balaban J connectivity index is 1.26. The van der Waals surface area contributed by atoms with Gasteiger partial charge in [-0.2, -0.15) is 0 Å². The largest absolute Gasteiger partial charge is 0.342 e. The van der Waals surface area contributed by atoms with E-state index in [4.69, 9.17) is 0 Å². The molecule has 2 saturated heterocycles. The van der Waals surface area contributed by atoms with E-state index in [1.807, 2.05) is 18.5 Å². The van der Waals surface area contributed by atoms with Gasteiger partial charge in [-0.3, -0.25) is 19.6 Å². The fourth-order valence-corrected chi connectivity index (χ4v) is 5.85. The van der Waals surface area contributed by atoms with Gasteiger partial charge in [0.2, 0.25) is 5.91 Å². The zero-order valence-corrected chi connectivity index (χ0v) is 18.8. The van der Waals surface area contributed by atoms with E-state index < -0.39 is 0 Å². The Morgan fingerprint density at radius 3 is 2.50 bits per heavy atom. The molecule has 0 aromatic carbocycles. The van der Waals surface area contributed by atoms with E-state index in [1.165, 1.54) is 69.9 Å². The zero-order chi connectivity index (χ0) is 20.8. The van der Waals surface area contributed by atoms with Gasteiger partial charge in [0.25, 0.3) is 0 Å². The summed E-state index contributed by atoms with van der Waals surface area (Å²) in [4.78, 5) is 24.9. The van der Waals surface area contributed by atoms with E-state index in [0.717, 1.165) is 32.6 Å². The third kappa shape index (κ3) is 5.61. The Morgan fingerprint density at radius 2 is 1.80 bits per heavy atom. The van der Waals surface area contributed by atoms with Gasteiger partial charge in [0.15, 0.2) is 0 Å². The molecule has 0 unspecified atom stereocenters. The Morgan fingerprint density at radius 1 is 1.03 bits per heavy atom. The number of hydrogen-bond donors (Lipinski definition) is 0. The first-order valence-corrected chi connectivity index (χ1v) is 12.3. The van der Waals surface area contributed by atoms with Crippen LogP contribution in [0.5, 0.6) is 0 Å². The van der Waals surface area contributed by atoms with Crippen LogP contribution in [0.3, 0.4) is 0 Å². The molecule has 30 heavy (non-hydrogen) atoms. The quantitative estimate of drug-likeness (QED) is 0.687. The fraction of sp³-hybridized carbons (Fsp3) is 0.760. The molecule has 1 aliphatic carbocycles. The molecular weight excluding hydrogens is 372 g/mol. The molecule has 5 nitrogen and oxygen atoms in total. The molecule has 0 spiro atoms. The minimum atomic E-state index is 0.209. The lowest BCUT2D eigenvalue weighted by atomic mass is 9.92. The molecule has 3 aliphatic rings. The first-order chi connectivity index (χ1) is 14.7. The Kier molecular flexibility index (Phi) is 7.78. The average Bonchev–Trinajstić information content (AvgIpc) is 3.09. The summed E-state index contributed by atoms with van der Waals surface area (Å²) in [7, 11) is 2.08. The first kappa shape index (κ1) is 21.8. The van der Waals surface area contributed by atoms with Crippen LogP contribution in [0.4, 0.5) is 0 Å². The number of pyridine rings is 1. The average molecular weight is 413 g/mol. The number of likely N-dealkylation sites (tertiary alicyclic amines) is 2. The molecule has 3 heterocycles. The lowest BCUT2D eigenvalue weighted by Gasteiger charge is -2.43. The Labute approximate surface area is 182 Å². The fourth-order valence-electron chi connectivity index (χ4n) is 5.85. The molecule has 1 aromatic heterocycles. The van der Waals surface area contributed by atoms with E-state index in [-0.39, 0.29) is 5.92 Å². The van der Waals surface area contributed by atoms with Crippen molar-refractivity contribution >= 4 is 5.91 Å². The molecule has 5 heteroatoms. The van der Waals surface area contributed by atoms with Crippen LogP contribution in [0.2, 0.25) is 0 Å². The second kappa shape index (κ2) is 10.7. The topological polar surface area (TPSA) is 39.7 Å². The summed E-state index contributed by atoms with van der Waals surface area (Å²) in [5, 5.41) is 0. The number of nitrogens with zero attached hydrogens (tertiary/aromatic N) is 4. The maximum Gasteiger partial charge on any atom is 0.226 e. The molecular formula is C25H40N4O. The minimum Gasteiger partial charge on any atom is -0.342 e. The van der Waals surface area contributed by atoms with Crippen molar-refractivity contribution in [3.8, 4) is 0 Å². The number of carbonyl (C=O) groups is 1. The monoisotopic (exact) mass is 412 g/mol. The van der Waals surface area contributed by atoms with Gasteiger partial charge in [0.1, 0.15) is 0 Å². The molecule has 3 fully saturated rings. The standard InChI is InChI=1S/C25H40N4O/c1-27(23-10-4-2-3-5-11-23)25(30)22-9-7-15-29(20-22)24-12-16-28(17-13-24)19-21-8-6-14-26-18-21/h6,8,14,18,22-24H,2-5,7,9-13,15-17,19-20H2,1H3/t22-/m1/s1. The molecule has 1 amide bonds. The lowest BCUT2D eigenvalue weighted by Crippen LogP contribution is -2.51. The van der Waals surface area contributed by atoms with Crippen LogP contribution in [0.15, 0.2) is 24.5 Å². The van der Waals surface area contributed by atoms with E-state index >= 15 is 0 Å². The highest BCUT2D eigenvalue weighted by Gasteiger charge is 2.34. The minimum absolute atomic E-state index is 0.209. The third-order valence-corrected chi connectivity index (χ3v) is 7.72. The van der Waals surface area contributed by atoms with Gasteiger partial charge in [0.05, 0.1) is 5.92 Å². The molecule has 0 N–H and O–H groups in total. The van der Waals surface area contributed by atoms with Crippen LogP contribution in [-0.2, 0) is 11.3 Å². The van der Waals surface area contributed by atoms with Crippen LogP contribution >= 0.6 is 0 Å². The van der Waals surface area contributed by atoms with Crippen molar-refractivity contribution in [2.75, 3.05) is 33.2 Å². The number of hydrogen-bond acceptors (Lipinski definition) is 4. The molecule has 0 radical (unpaired) electrons. The highest BCUT2D eigenvalue weighted by atomic mass is 16.2.